The van der Waals surface area contributed by atoms with Gasteiger partial charge in [-0.3, -0.25) is 9.69 Å². The summed E-state index contributed by atoms with van der Waals surface area (Å²) in [5.41, 5.74) is 6.41. The summed E-state index contributed by atoms with van der Waals surface area (Å²) in [6.07, 6.45) is 1.30. The van der Waals surface area contributed by atoms with E-state index in [0.717, 1.165) is 50.6 Å². The number of carboxylic acids is 1. The Labute approximate surface area is 130 Å². The van der Waals surface area contributed by atoms with Crippen LogP contribution in [0.1, 0.15) is 12.0 Å². The van der Waals surface area contributed by atoms with Crippen LogP contribution in [0.25, 0.3) is 0 Å². The molecule has 0 spiro atoms. The van der Waals surface area contributed by atoms with Crippen LogP contribution >= 0.6 is 0 Å². The molecule has 0 saturated carbocycles. The number of aliphatic carboxylic acids is 1. The van der Waals surface area contributed by atoms with Crippen LogP contribution in [0.15, 0.2) is 24.3 Å². The lowest BCUT2D eigenvalue weighted by Crippen LogP contribution is -2.37. The summed E-state index contributed by atoms with van der Waals surface area (Å²) in [6, 6.07) is 6.58. The zero-order chi connectivity index (χ0) is 15.8. The molecule has 1 fully saturated rings. The zero-order valence-electron chi connectivity index (χ0n) is 12.7. The van der Waals surface area contributed by atoms with Gasteiger partial charge in [-0.05, 0) is 30.5 Å². The molecule has 122 valence electrons. The van der Waals surface area contributed by atoms with Gasteiger partial charge in [0.2, 0.25) is 0 Å². The number of benzene rings is 1. The van der Waals surface area contributed by atoms with Crippen molar-refractivity contribution >= 4 is 5.97 Å². The minimum atomic E-state index is -0.983. The number of nitrogens with zero attached hydrogens (tertiary/aromatic N) is 1. The summed E-state index contributed by atoms with van der Waals surface area (Å²) in [6.45, 7) is 5.33. The molecule has 0 bridgehead atoms. The van der Waals surface area contributed by atoms with Crippen LogP contribution < -0.4 is 10.5 Å². The van der Waals surface area contributed by atoms with Gasteiger partial charge >= 0.3 is 5.97 Å². The molecule has 2 rings (SSSR count). The molecule has 0 aromatic heterocycles. The highest BCUT2D eigenvalue weighted by molar-refractivity contribution is 5.73. The third-order valence-corrected chi connectivity index (χ3v) is 3.69. The summed E-state index contributed by atoms with van der Waals surface area (Å²) < 4.78 is 11.0. The average molecular weight is 308 g/mol. The van der Waals surface area contributed by atoms with Gasteiger partial charge in [0.25, 0.3) is 0 Å². The molecule has 6 nitrogen and oxygen atoms in total. The number of hydrogen-bond donors (Lipinski definition) is 2. The highest BCUT2D eigenvalue weighted by Gasteiger charge is 2.12. The molecule has 22 heavy (non-hydrogen) atoms. The van der Waals surface area contributed by atoms with E-state index in [9.17, 15) is 4.79 Å². The van der Waals surface area contributed by atoms with Crippen LogP contribution in [0.4, 0.5) is 0 Å². The molecular formula is C16H24N2O4. The van der Waals surface area contributed by atoms with Crippen molar-refractivity contribution < 1.29 is 19.4 Å². The molecule has 1 heterocycles. The molecule has 1 aromatic carbocycles. The highest BCUT2D eigenvalue weighted by Crippen LogP contribution is 2.13. The first-order valence-electron chi connectivity index (χ1n) is 7.65. The number of nitrogens with two attached hydrogens (primary N) is 1. The Morgan fingerprint density at radius 2 is 2.00 bits per heavy atom. The van der Waals surface area contributed by atoms with Gasteiger partial charge < -0.3 is 20.3 Å². The summed E-state index contributed by atoms with van der Waals surface area (Å²) in [5, 5.41) is 8.79. The fourth-order valence-electron chi connectivity index (χ4n) is 2.37. The Bertz CT molecular complexity index is 458. The van der Waals surface area contributed by atoms with Crippen molar-refractivity contribution in [1.82, 2.24) is 4.90 Å². The van der Waals surface area contributed by atoms with Crippen LogP contribution in [0.3, 0.4) is 0 Å². The maximum Gasteiger partial charge on any atom is 0.320 e. The van der Waals surface area contributed by atoms with E-state index >= 15 is 0 Å². The number of ether oxygens (including phenoxy) is 2. The van der Waals surface area contributed by atoms with Crippen LogP contribution in [0.5, 0.6) is 5.75 Å². The molecule has 6 heteroatoms. The first-order chi connectivity index (χ1) is 10.6. The second kappa shape index (κ2) is 8.73. The Balaban J connectivity index is 1.66. The quantitative estimate of drug-likeness (QED) is 0.689. The lowest BCUT2D eigenvalue weighted by Gasteiger charge is -2.26. The van der Waals surface area contributed by atoms with Crippen molar-refractivity contribution in [2.45, 2.75) is 18.9 Å². The summed E-state index contributed by atoms with van der Waals surface area (Å²) in [5.74, 6) is -0.182. The first-order valence-corrected chi connectivity index (χ1v) is 7.65. The van der Waals surface area contributed by atoms with Crippen molar-refractivity contribution in [3.05, 3.63) is 29.8 Å². The van der Waals surface area contributed by atoms with Crippen molar-refractivity contribution in [3.63, 3.8) is 0 Å². The maximum absolute atomic E-state index is 10.7. The predicted octanol–water partition coefficient (Wildman–Crippen LogP) is 0.742. The van der Waals surface area contributed by atoms with E-state index in [4.69, 9.17) is 20.3 Å². The van der Waals surface area contributed by atoms with Crippen molar-refractivity contribution in [2.24, 2.45) is 5.73 Å². The SMILES string of the molecule is NC(Cc1ccc(OCCCN2CCOCC2)cc1)C(=O)O. The predicted molar refractivity (Wildman–Crippen MR) is 83.1 cm³/mol. The van der Waals surface area contributed by atoms with Gasteiger partial charge in [-0.15, -0.1) is 0 Å². The standard InChI is InChI=1S/C16H24N2O4/c17-15(16(19)20)12-13-2-4-14(5-3-13)22-9-1-6-18-7-10-21-11-8-18/h2-5,15H,1,6-12,17H2,(H,19,20). The molecule has 0 radical (unpaired) electrons. The molecule has 1 saturated heterocycles. The summed E-state index contributed by atoms with van der Waals surface area (Å²) in [7, 11) is 0. The Morgan fingerprint density at radius 1 is 1.32 bits per heavy atom. The second-order valence-electron chi connectivity index (χ2n) is 5.45. The Hall–Kier alpha value is -1.63. The van der Waals surface area contributed by atoms with Gasteiger partial charge in [-0.2, -0.15) is 0 Å². The van der Waals surface area contributed by atoms with E-state index in [1.807, 2.05) is 24.3 Å². The number of carboxylic acid groups (broad SMARTS) is 1. The lowest BCUT2D eigenvalue weighted by atomic mass is 10.1. The van der Waals surface area contributed by atoms with Crippen LogP contribution in [0.2, 0.25) is 0 Å². The van der Waals surface area contributed by atoms with Gasteiger partial charge in [0.15, 0.2) is 0 Å². The van der Waals surface area contributed by atoms with Gasteiger partial charge in [-0.1, -0.05) is 12.1 Å². The van der Waals surface area contributed by atoms with E-state index in [1.165, 1.54) is 0 Å². The van der Waals surface area contributed by atoms with E-state index in [2.05, 4.69) is 4.90 Å². The molecule has 0 amide bonds. The van der Waals surface area contributed by atoms with Crippen molar-refractivity contribution in [2.75, 3.05) is 39.5 Å². The van der Waals surface area contributed by atoms with E-state index in [1.54, 1.807) is 0 Å². The molecule has 1 aliphatic heterocycles. The summed E-state index contributed by atoms with van der Waals surface area (Å²) >= 11 is 0. The minimum Gasteiger partial charge on any atom is -0.494 e. The molecule has 1 unspecified atom stereocenters. The third-order valence-electron chi connectivity index (χ3n) is 3.69. The molecule has 3 N–H and O–H groups in total. The largest absolute Gasteiger partial charge is 0.494 e. The molecular weight excluding hydrogens is 284 g/mol. The van der Waals surface area contributed by atoms with Gasteiger partial charge in [-0.25, -0.2) is 0 Å². The number of carbonyl (C=O) groups is 1. The molecule has 1 aliphatic rings. The highest BCUT2D eigenvalue weighted by atomic mass is 16.5. The Morgan fingerprint density at radius 3 is 2.64 bits per heavy atom. The van der Waals surface area contributed by atoms with Crippen LogP contribution in [-0.4, -0.2) is 61.5 Å². The van der Waals surface area contributed by atoms with E-state index in [-0.39, 0.29) is 0 Å². The first kappa shape index (κ1) is 16.7. The molecule has 0 aliphatic carbocycles. The zero-order valence-corrected chi connectivity index (χ0v) is 12.7. The van der Waals surface area contributed by atoms with Crippen LogP contribution in [-0.2, 0) is 16.0 Å². The number of hydrogen-bond acceptors (Lipinski definition) is 5. The number of rotatable bonds is 8. The number of morpholine rings is 1. The average Bonchev–Trinajstić information content (AvgIpc) is 2.54. The fraction of sp³-hybridized carbons (Fsp3) is 0.562. The third kappa shape index (κ3) is 5.63. The molecule has 1 aromatic rings. The van der Waals surface area contributed by atoms with Gasteiger partial charge in [0.1, 0.15) is 11.8 Å². The van der Waals surface area contributed by atoms with Crippen LogP contribution in [0, 0.1) is 0 Å². The van der Waals surface area contributed by atoms with E-state index in [0.29, 0.717) is 13.0 Å². The second-order valence-corrected chi connectivity index (χ2v) is 5.45. The van der Waals surface area contributed by atoms with Gasteiger partial charge in [0.05, 0.1) is 19.8 Å². The minimum absolute atomic E-state index is 0.326. The summed E-state index contributed by atoms with van der Waals surface area (Å²) in [4.78, 5) is 13.1. The van der Waals surface area contributed by atoms with E-state index < -0.39 is 12.0 Å². The topological polar surface area (TPSA) is 85.0 Å². The maximum atomic E-state index is 10.7. The van der Waals surface area contributed by atoms with Crippen molar-refractivity contribution in [1.29, 1.82) is 0 Å². The monoisotopic (exact) mass is 308 g/mol. The lowest BCUT2D eigenvalue weighted by molar-refractivity contribution is -0.138. The van der Waals surface area contributed by atoms with Crippen molar-refractivity contribution in [3.8, 4) is 5.75 Å². The van der Waals surface area contributed by atoms with Gasteiger partial charge in [0, 0.05) is 19.6 Å². The normalized spacial score (nSPS) is 17.1. The smallest absolute Gasteiger partial charge is 0.320 e. The fourth-order valence-corrected chi connectivity index (χ4v) is 2.37. The Kier molecular flexibility index (Phi) is 6.64. The molecule has 1 atom stereocenters.